The summed E-state index contributed by atoms with van der Waals surface area (Å²) in [6.45, 7) is 3.52. The summed E-state index contributed by atoms with van der Waals surface area (Å²) in [4.78, 5) is 25.2. The Hall–Kier alpha value is -3.69. The predicted octanol–water partition coefficient (Wildman–Crippen LogP) is 3.93. The zero-order valence-electron chi connectivity index (χ0n) is 18.8. The van der Waals surface area contributed by atoms with Gasteiger partial charge in [0, 0.05) is 16.8 Å². The first kappa shape index (κ1) is 23.5. The minimum absolute atomic E-state index is 0.0559. The van der Waals surface area contributed by atoms with E-state index in [4.69, 9.17) is 13.9 Å². The second-order valence-electron chi connectivity index (χ2n) is 7.78. The highest BCUT2D eigenvalue weighted by Gasteiger charge is 2.26. The molecule has 0 aliphatic rings. The lowest BCUT2D eigenvalue weighted by Crippen LogP contribution is -2.42. The molecule has 34 heavy (non-hydrogen) atoms. The maximum atomic E-state index is 12.7. The van der Waals surface area contributed by atoms with Crippen LogP contribution in [0, 0.1) is 6.92 Å². The van der Waals surface area contributed by atoms with Crippen LogP contribution in [-0.4, -0.2) is 27.5 Å². The normalized spacial score (nSPS) is 12.6. The van der Waals surface area contributed by atoms with Crippen molar-refractivity contribution >= 4 is 37.7 Å². The average Bonchev–Trinajstić information content (AvgIpc) is 2.82. The van der Waals surface area contributed by atoms with Crippen molar-refractivity contribution in [2.45, 2.75) is 31.2 Å². The van der Waals surface area contributed by atoms with Crippen LogP contribution in [0.2, 0.25) is 0 Å². The molecule has 0 amide bonds. The molecule has 0 saturated carbocycles. The number of hydrogen-bond donors (Lipinski definition) is 1. The lowest BCUT2D eigenvalue weighted by molar-refractivity contribution is -0.136. The molecule has 4 rings (SSSR count). The number of hydrogen-bond acceptors (Lipinski definition) is 7. The van der Waals surface area contributed by atoms with Gasteiger partial charge in [-0.1, -0.05) is 24.6 Å². The molecule has 0 aliphatic heterocycles. The molecule has 0 saturated heterocycles. The van der Waals surface area contributed by atoms with Gasteiger partial charge in [0.25, 0.3) is 0 Å². The number of nitrogens with one attached hydrogen (secondary N) is 1. The van der Waals surface area contributed by atoms with E-state index in [9.17, 15) is 18.0 Å². The molecule has 0 fully saturated rings. The fourth-order valence-corrected chi connectivity index (χ4v) is 4.81. The van der Waals surface area contributed by atoms with Gasteiger partial charge >= 0.3 is 11.6 Å². The molecule has 0 bridgehead atoms. The van der Waals surface area contributed by atoms with Crippen molar-refractivity contribution in [3.63, 3.8) is 0 Å². The smallest absolute Gasteiger partial charge is 0.344 e. The zero-order valence-corrected chi connectivity index (χ0v) is 19.6. The fraction of sp³-hybridized carbons (Fsp3) is 0.200. The Morgan fingerprint density at radius 2 is 1.65 bits per heavy atom. The minimum atomic E-state index is -3.92. The molecular formula is C25H23NO7S. The van der Waals surface area contributed by atoms with E-state index in [1.54, 1.807) is 49.4 Å². The van der Waals surface area contributed by atoms with Crippen molar-refractivity contribution in [1.29, 1.82) is 0 Å². The van der Waals surface area contributed by atoms with Crippen LogP contribution in [0.4, 0.5) is 0 Å². The van der Waals surface area contributed by atoms with Gasteiger partial charge in [-0.15, -0.1) is 0 Å². The van der Waals surface area contributed by atoms with Crippen molar-refractivity contribution in [2.75, 3.05) is 7.11 Å². The summed E-state index contributed by atoms with van der Waals surface area (Å²) in [7, 11) is -2.41. The topological polar surface area (TPSA) is 112 Å². The minimum Gasteiger partial charge on any atom is -0.497 e. The molecule has 3 aromatic carbocycles. The Kier molecular flexibility index (Phi) is 6.41. The van der Waals surface area contributed by atoms with E-state index < -0.39 is 27.7 Å². The van der Waals surface area contributed by atoms with E-state index in [-0.39, 0.29) is 22.6 Å². The number of fused-ring (bicyclic) bond motifs is 3. The van der Waals surface area contributed by atoms with Crippen LogP contribution in [0.5, 0.6) is 11.5 Å². The second-order valence-corrected chi connectivity index (χ2v) is 9.49. The monoisotopic (exact) mass is 481 g/mol. The largest absolute Gasteiger partial charge is 0.497 e. The summed E-state index contributed by atoms with van der Waals surface area (Å²) in [5.74, 6) is -0.115. The molecule has 0 aliphatic carbocycles. The highest BCUT2D eigenvalue weighted by Crippen LogP contribution is 2.28. The van der Waals surface area contributed by atoms with E-state index in [0.717, 1.165) is 5.56 Å². The van der Waals surface area contributed by atoms with E-state index in [1.807, 2.05) is 6.92 Å². The lowest BCUT2D eigenvalue weighted by Gasteiger charge is -2.16. The van der Waals surface area contributed by atoms with Crippen LogP contribution in [0.1, 0.15) is 18.9 Å². The van der Waals surface area contributed by atoms with Gasteiger partial charge in [0.2, 0.25) is 10.0 Å². The Bertz CT molecular complexity index is 1540. The lowest BCUT2D eigenvalue weighted by atomic mass is 10.1. The molecule has 0 unspecified atom stereocenters. The first-order valence-corrected chi connectivity index (χ1v) is 12.1. The maximum absolute atomic E-state index is 12.7. The molecule has 4 aromatic rings. The van der Waals surface area contributed by atoms with Crippen LogP contribution >= 0.6 is 0 Å². The molecule has 1 atom stereocenters. The number of methoxy groups -OCH3 is 1. The van der Waals surface area contributed by atoms with Gasteiger partial charge in [-0.25, -0.2) is 18.0 Å². The van der Waals surface area contributed by atoms with E-state index in [2.05, 4.69) is 4.72 Å². The molecule has 1 aromatic heterocycles. The highest BCUT2D eigenvalue weighted by atomic mass is 32.2. The maximum Gasteiger partial charge on any atom is 0.344 e. The molecule has 1 N–H and O–H groups in total. The molecule has 0 radical (unpaired) electrons. The Labute approximate surface area is 196 Å². The molecule has 8 nitrogen and oxygen atoms in total. The van der Waals surface area contributed by atoms with Crippen molar-refractivity contribution in [3.8, 4) is 11.5 Å². The molecular weight excluding hydrogens is 458 g/mol. The van der Waals surface area contributed by atoms with Gasteiger partial charge in [-0.05, 0) is 55.8 Å². The average molecular weight is 482 g/mol. The number of carbonyl (C=O) groups is 1. The highest BCUT2D eigenvalue weighted by molar-refractivity contribution is 7.89. The Morgan fingerprint density at radius 1 is 0.971 bits per heavy atom. The fourth-order valence-electron chi connectivity index (χ4n) is 3.54. The summed E-state index contributed by atoms with van der Waals surface area (Å²) in [5.41, 5.74) is 0.601. The number of rotatable bonds is 7. The summed E-state index contributed by atoms with van der Waals surface area (Å²) < 4.78 is 43.7. The summed E-state index contributed by atoms with van der Waals surface area (Å²) in [6.07, 6.45) is 0.180. The van der Waals surface area contributed by atoms with Crippen molar-refractivity contribution in [2.24, 2.45) is 0 Å². The van der Waals surface area contributed by atoms with Gasteiger partial charge < -0.3 is 13.9 Å². The summed E-state index contributed by atoms with van der Waals surface area (Å²) >= 11 is 0. The summed E-state index contributed by atoms with van der Waals surface area (Å²) in [6, 6.07) is 15.0. The third kappa shape index (κ3) is 4.66. The van der Waals surface area contributed by atoms with Crippen LogP contribution < -0.4 is 19.8 Å². The van der Waals surface area contributed by atoms with Gasteiger partial charge in [-0.3, -0.25) is 0 Å². The first-order valence-electron chi connectivity index (χ1n) is 10.6. The van der Waals surface area contributed by atoms with Crippen LogP contribution in [0.15, 0.2) is 74.8 Å². The number of aryl methyl sites for hydroxylation is 1. The summed E-state index contributed by atoms with van der Waals surface area (Å²) in [5, 5.41) is 1.69. The third-order valence-electron chi connectivity index (χ3n) is 5.43. The zero-order chi connectivity index (χ0) is 24.5. The van der Waals surface area contributed by atoms with E-state index in [1.165, 1.54) is 25.3 Å². The van der Waals surface area contributed by atoms with E-state index >= 15 is 0 Å². The predicted molar refractivity (Wildman–Crippen MR) is 128 cm³/mol. The van der Waals surface area contributed by atoms with Crippen molar-refractivity contribution < 1.29 is 27.1 Å². The quantitative estimate of drug-likeness (QED) is 0.184. The Morgan fingerprint density at radius 3 is 2.32 bits per heavy atom. The molecule has 1 heterocycles. The number of carbonyl (C=O) groups excluding carboxylic acids is 1. The standard InChI is InChI=1S/C25H23NO7S/c1-4-22(26-34(29,30)18-9-5-15(2)6-10-18)25(28)32-17-8-12-20-19-11-7-16(31-3)13-21(19)24(27)33-23(20)14-17/h5-14,22,26H,4H2,1-3H3/t22-/m1/s1. The number of esters is 1. The number of sulfonamides is 1. The van der Waals surface area contributed by atoms with Gasteiger partial charge in [0.15, 0.2) is 0 Å². The van der Waals surface area contributed by atoms with Crippen molar-refractivity contribution in [3.05, 3.63) is 76.6 Å². The molecule has 9 heteroatoms. The first-order chi connectivity index (χ1) is 16.2. The second kappa shape index (κ2) is 9.28. The van der Waals surface area contributed by atoms with Gasteiger partial charge in [0.1, 0.15) is 23.1 Å². The Balaban J connectivity index is 1.59. The van der Waals surface area contributed by atoms with Gasteiger partial charge in [-0.2, -0.15) is 4.72 Å². The number of benzene rings is 3. The molecule has 176 valence electrons. The number of ether oxygens (including phenoxy) is 2. The third-order valence-corrected chi connectivity index (χ3v) is 6.92. The molecule has 0 spiro atoms. The SMILES string of the molecule is CC[C@@H](NS(=O)(=O)c1ccc(C)cc1)C(=O)Oc1ccc2c(c1)oc(=O)c1cc(OC)ccc12. The van der Waals surface area contributed by atoms with Crippen molar-refractivity contribution in [1.82, 2.24) is 4.72 Å². The van der Waals surface area contributed by atoms with E-state index in [0.29, 0.717) is 21.9 Å². The van der Waals surface area contributed by atoms with Crippen LogP contribution in [0.25, 0.3) is 21.7 Å². The van der Waals surface area contributed by atoms with Crippen LogP contribution in [0.3, 0.4) is 0 Å². The van der Waals surface area contributed by atoms with Gasteiger partial charge in [0.05, 0.1) is 17.4 Å². The van der Waals surface area contributed by atoms with Crippen LogP contribution in [-0.2, 0) is 14.8 Å².